The Labute approximate surface area is 194 Å². The lowest BCUT2D eigenvalue weighted by Gasteiger charge is -2.05. The molecule has 0 heterocycles. The van der Waals surface area contributed by atoms with Crippen LogP contribution in [0.15, 0.2) is 71.2 Å². The zero-order valence-corrected chi connectivity index (χ0v) is 18.9. The molecule has 0 N–H and O–H groups in total. The number of hydrogen-bond acceptors (Lipinski definition) is 2. The number of thiocarbonyl (C=S) groups is 1. The summed E-state index contributed by atoms with van der Waals surface area (Å²) in [6, 6.07) is 19.8. The van der Waals surface area contributed by atoms with Crippen molar-refractivity contribution in [2.45, 2.75) is 39.0 Å². The number of fused-ring (bicyclic) bond motifs is 1. The predicted molar refractivity (Wildman–Crippen MR) is 135 cm³/mol. The van der Waals surface area contributed by atoms with Gasteiger partial charge in [-0.3, -0.25) is 0 Å². The first-order valence-corrected chi connectivity index (χ1v) is 11.4. The van der Waals surface area contributed by atoms with Crippen LogP contribution in [0.4, 0.5) is 10.1 Å². The molecule has 4 rings (SSSR count). The van der Waals surface area contributed by atoms with Gasteiger partial charge in [0.1, 0.15) is 5.82 Å². The first-order chi connectivity index (χ1) is 15.7. The van der Waals surface area contributed by atoms with Crippen LogP contribution in [-0.2, 0) is 12.8 Å². The van der Waals surface area contributed by atoms with E-state index in [2.05, 4.69) is 65.4 Å². The summed E-state index contributed by atoms with van der Waals surface area (Å²) in [5, 5.41) is 2.39. The summed E-state index contributed by atoms with van der Waals surface area (Å²) in [6.07, 6.45) is 7.22. The molecule has 0 aliphatic heterocycles. The third-order valence-corrected chi connectivity index (χ3v) is 5.78. The van der Waals surface area contributed by atoms with Gasteiger partial charge in [-0.05, 0) is 83.2 Å². The smallest absolute Gasteiger partial charge is 0.139 e. The Morgan fingerprint density at radius 2 is 1.75 bits per heavy atom. The average molecular weight is 438 g/mol. The molecule has 0 saturated heterocycles. The Kier molecular flexibility index (Phi) is 7.07. The molecule has 0 saturated carbocycles. The number of isothiocyanates is 1. The largest absolute Gasteiger partial charge is 0.206 e. The molecule has 1 aliphatic rings. The van der Waals surface area contributed by atoms with E-state index in [1.165, 1.54) is 24.0 Å². The summed E-state index contributed by atoms with van der Waals surface area (Å²) in [5.74, 6) is 5.98. The van der Waals surface area contributed by atoms with E-state index in [1.807, 2.05) is 36.4 Å². The van der Waals surface area contributed by atoms with E-state index in [1.54, 1.807) is 6.07 Å². The van der Waals surface area contributed by atoms with Gasteiger partial charge < -0.3 is 0 Å². The second-order valence-corrected chi connectivity index (χ2v) is 8.21. The molecule has 3 heteroatoms. The Morgan fingerprint density at radius 3 is 2.50 bits per heavy atom. The topological polar surface area (TPSA) is 12.4 Å². The number of hydrogen-bond donors (Lipinski definition) is 0. The standard InChI is InChI=1S/C29H24FNS/c1-2-3-4-5-21-6-8-24(29(30)18-21)9-7-22-16-25-10-11-26(19-27(25)17-22)23-12-14-28(15-13-23)31-20-32/h6,8,10-16,18-19H,2-5,17H2,1H3. The van der Waals surface area contributed by atoms with Crippen molar-refractivity contribution in [2.24, 2.45) is 4.99 Å². The quantitative estimate of drug-likeness (QED) is 0.165. The monoisotopic (exact) mass is 437 g/mol. The van der Waals surface area contributed by atoms with Crippen LogP contribution in [-0.4, -0.2) is 5.16 Å². The van der Waals surface area contributed by atoms with Crippen molar-refractivity contribution in [1.82, 2.24) is 0 Å². The molecule has 158 valence electrons. The minimum absolute atomic E-state index is 0.230. The first-order valence-electron chi connectivity index (χ1n) is 11.0. The highest BCUT2D eigenvalue weighted by Crippen LogP contribution is 2.30. The van der Waals surface area contributed by atoms with Crippen molar-refractivity contribution >= 4 is 29.1 Å². The fourth-order valence-corrected chi connectivity index (χ4v) is 4.03. The molecule has 32 heavy (non-hydrogen) atoms. The number of halogens is 1. The van der Waals surface area contributed by atoms with Crippen molar-refractivity contribution < 1.29 is 4.39 Å². The minimum Gasteiger partial charge on any atom is -0.206 e. The van der Waals surface area contributed by atoms with Crippen LogP contribution < -0.4 is 0 Å². The predicted octanol–water partition coefficient (Wildman–Crippen LogP) is 7.95. The van der Waals surface area contributed by atoms with Crippen LogP contribution >= 0.6 is 12.2 Å². The molecule has 0 unspecified atom stereocenters. The Bertz CT molecular complexity index is 1270. The van der Waals surface area contributed by atoms with E-state index >= 15 is 0 Å². The van der Waals surface area contributed by atoms with Crippen molar-refractivity contribution in [1.29, 1.82) is 0 Å². The highest BCUT2D eigenvalue weighted by Gasteiger charge is 2.12. The number of aliphatic imine (C=N–C) groups is 1. The van der Waals surface area contributed by atoms with Gasteiger partial charge in [0.15, 0.2) is 0 Å². The number of benzene rings is 3. The normalized spacial score (nSPS) is 11.8. The molecule has 0 fully saturated rings. The van der Waals surface area contributed by atoms with Gasteiger partial charge in [-0.15, -0.1) is 0 Å². The zero-order valence-electron chi connectivity index (χ0n) is 18.1. The number of nitrogens with zero attached hydrogens (tertiary/aromatic N) is 1. The van der Waals surface area contributed by atoms with Crippen molar-refractivity contribution in [3.05, 3.63) is 94.3 Å². The summed E-state index contributed by atoms with van der Waals surface area (Å²) in [7, 11) is 0. The third kappa shape index (κ3) is 5.29. The molecule has 0 amide bonds. The van der Waals surface area contributed by atoms with Crippen LogP contribution in [0.2, 0.25) is 0 Å². The molecule has 1 nitrogen and oxygen atoms in total. The van der Waals surface area contributed by atoms with Gasteiger partial charge >= 0.3 is 0 Å². The maximum absolute atomic E-state index is 14.5. The molecule has 3 aromatic carbocycles. The van der Waals surface area contributed by atoms with E-state index < -0.39 is 0 Å². The summed E-state index contributed by atoms with van der Waals surface area (Å²) in [5.41, 5.74) is 7.99. The van der Waals surface area contributed by atoms with Crippen LogP contribution in [0, 0.1) is 17.7 Å². The molecule has 0 aromatic heterocycles. The Morgan fingerprint density at radius 1 is 0.938 bits per heavy atom. The van der Waals surface area contributed by atoms with Crippen LogP contribution in [0.3, 0.4) is 0 Å². The van der Waals surface area contributed by atoms with Crippen molar-refractivity contribution in [2.75, 3.05) is 0 Å². The molecule has 0 bridgehead atoms. The first kappa shape index (κ1) is 21.9. The van der Waals surface area contributed by atoms with Gasteiger partial charge in [-0.2, -0.15) is 4.99 Å². The average Bonchev–Trinajstić information content (AvgIpc) is 3.21. The summed E-state index contributed by atoms with van der Waals surface area (Å²) < 4.78 is 14.5. The highest BCUT2D eigenvalue weighted by molar-refractivity contribution is 7.78. The van der Waals surface area contributed by atoms with E-state index in [9.17, 15) is 4.39 Å². The van der Waals surface area contributed by atoms with Gasteiger partial charge in [0, 0.05) is 12.0 Å². The summed E-state index contributed by atoms with van der Waals surface area (Å²) >= 11 is 4.66. The van der Waals surface area contributed by atoms with Gasteiger partial charge in [-0.25, -0.2) is 4.39 Å². The second kappa shape index (κ2) is 10.3. The van der Waals surface area contributed by atoms with Crippen LogP contribution in [0.25, 0.3) is 17.2 Å². The van der Waals surface area contributed by atoms with Gasteiger partial charge in [0.05, 0.1) is 16.4 Å². The molecule has 0 spiro atoms. The molecule has 0 radical (unpaired) electrons. The van der Waals surface area contributed by atoms with E-state index in [0.717, 1.165) is 47.2 Å². The third-order valence-electron chi connectivity index (χ3n) is 5.69. The minimum atomic E-state index is -0.230. The van der Waals surface area contributed by atoms with Crippen LogP contribution in [0.1, 0.15) is 48.4 Å². The number of aryl methyl sites for hydroxylation is 1. The molecule has 1 aliphatic carbocycles. The second-order valence-electron chi connectivity index (χ2n) is 8.03. The highest BCUT2D eigenvalue weighted by atomic mass is 32.1. The number of rotatable bonds is 6. The lowest BCUT2D eigenvalue weighted by Crippen LogP contribution is -1.90. The van der Waals surface area contributed by atoms with Gasteiger partial charge in [0.25, 0.3) is 0 Å². The lowest BCUT2D eigenvalue weighted by molar-refractivity contribution is 0.619. The van der Waals surface area contributed by atoms with Crippen molar-refractivity contribution in [3.8, 4) is 23.0 Å². The fourth-order valence-electron chi connectivity index (χ4n) is 3.93. The molecular formula is C29H24FNS. The summed E-state index contributed by atoms with van der Waals surface area (Å²) in [6.45, 7) is 2.17. The van der Waals surface area contributed by atoms with Gasteiger partial charge in [0.2, 0.25) is 0 Å². The van der Waals surface area contributed by atoms with Crippen molar-refractivity contribution in [3.63, 3.8) is 0 Å². The SMILES string of the molecule is CCCCCc1ccc(C#CC2=Cc3ccc(-c4ccc(N=C=S)cc4)cc3C2)c(F)c1. The van der Waals surface area contributed by atoms with Gasteiger partial charge in [-0.1, -0.05) is 68.0 Å². The maximum Gasteiger partial charge on any atom is 0.139 e. The Hall–Kier alpha value is -3.31. The zero-order chi connectivity index (χ0) is 22.3. The fraction of sp³-hybridized carbons (Fsp3) is 0.207. The molecule has 3 aromatic rings. The molecule has 0 atom stereocenters. The van der Waals surface area contributed by atoms with E-state index in [4.69, 9.17) is 0 Å². The van der Waals surface area contributed by atoms with E-state index in [0.29, 0.717) is 5.56 Å². The van der Waals surface area contributed by atoms with E-state index in [-0.39, 0.29) is 5.82 Å². The maximum atomic E-state index is 14.5. The Balaban J connectivity index is 1.46. The van der Waals surface area contributed by atoms with Crippen LogP contribution in [0.5, 0.6) is 0 Å². The summed E-state index contributed by atoms with van der Waals surface area (Å²) in [4.78, 5) is 4.00. The number of allylic oxidation sites excluding steroid dienone is 1. The number of unbranched alkanes of at least 4 members (excludes halogenated alkanes) is 2. The lowest BCUT2D eigenvalue weighted by atomic mass is 10.00. The molecular weight excluding hydrogens is 413 g/mol.